The molecule has 1 atom stereocenters. The Bertz CT molecular complexity index is 842. The van der Waals surface area contributed by atoms with Crippen LogP contribution in [0.4, 0.5) is 26.3 Å². The van der Waals surface area contributed by atoms with E-state index in [0.717, 1.165) is 0 Å². The van der Waals surface area contributed by atoms with Crippen molar-refractivity contribution in [3.63, 3.8) is 0 Å². The summed E-state index contributed by atoms with van der Waals surface area (Å²) < 4.78 is 77.5. The van der Waals surface area contributed by atoms with Gasteiger partial charge in [-0.05, 0) is 35.4 Å². The number of rotatable bonds is 5. The maximum absolute atomic E-state index is 13.3. The third-order valence-corrected chi connectivity index (χ3v) is 3.77. The number of carboxylic acid groups (broad SMARTS) is 1. The molecule has 0 saturated carbocycles. The summed E-state index contributed by atoms with van der Waals surface area (Å²) in [6.45, 7) is 0. The summed E-state index contributed by atoms with van der Waals surface area (Å²) in [6.07, 6.45) is -10.1. The lowest BCUT2D eigenvalue weighted by molar-refractivity contribution is -0.163. The Morgan fingerprint density at radius 1 is 0.893 bits per heavy atom. The molecule has 10 heteroatoms. The number of carbonyl (C=O) groups excluding carboxylic acids is 1. The molecule has 0 fully saturated rings. The topological polar surface area (TPSA) is 66.4 Å². The molecular formula is C18H13F6NO3. The van der Waals surface area contributed by atoms with E-state index in [1.54, 1.807) is 5.32 Å². The quantitative estimate of drug-likeness (QED) is 0.727. The van der Waals surface area contributed by atoms with Crippen molar-refractivity contribution in [1.82, 2.24) is 5.32 Å². The molecule has 0 aliphatic carbocycles. The van der Waals surface area contributed by atoms with Gasteiger partial charge in [-0.25, -0.2) is 4.79 Å². The molecule has 0 aliphatic heterocycles. The number of hydrogen-bond acceptors (Lipinski definition) is 2. The number of benzene rings is 2. The van der Waals surface area contributed by atoms with Crippen LogP contribution in [0, 0.1) is 0 Å². The van der Waals surface area contributed by atoms with E-state index in [-0.39, 0.29) is 11.1 Å². The maximum Gasteiger partial charge on any atom is 0.416 e. The van der Waals surface area contributed by atoms with Crippen LogP contribution in [0.3, 0.4) is 0 Å². The molecule has 2 N–H and O–H groups in total. The summed E-state index contributed by atoms with van der Waals surface area (Å²) in [5, 5.41) is 10.5. The van der Waals surface area contributed by atoms with Crippen molar-refractivity contribution in [2.75, 3.05) is 0 Å². The minimum Gasteiger partial charge on any atom is -0.478 e. The van der Waals surface area contributed by atoms with Gasteiger partial charge in [-0.1, -0.05) is 24.3 Å². The number of carbonyl (C=O) groups is 2. The van der Waals surface area contributed by atoms with E-state index in [1.165, 1.54) is 24.3 Å². The van der Waals surface area contributed by atoms with Gasteiger partial charge < -0.3 is 10.4 Å². The Balaban J connectivity index is 2.15. The third kappa shape index (κ3) is 5.48. The van der Waals surface area contributed by atoms with Crippen LogP contribution in [0.2, 0.25) is 0 Å². The van der Waals surface area contributed by atoms with E-state index in [2.05, 4.69) is 0 Å². The Morgan fingerprint density at radius 3 is 1.86 bits per heavy atom. The fourth-order valence-corrected chi connectivity index (χ4v) is 2.38. The van der Waals surface area contributed by atoms with Crippen LogP contribution in [-0.4, -0.2) is 23.2 Å². The molecule has 0 heterocycles. The van der Waals surface area contributed by atoms with Crippen molar-refractivity contribution in [1.29, 1.82) is 0 Å². The minimum atomic E-state index is -4.93. The van der Waals surface area contributed by atoms with E-state index in [4.69, 9.17) is 5.11 Å². The number of alkyl halides is 6. The van der Waals surface area contributed by atoms with Gasteiger partial charge in [0, 0.05) is 0 Å². The zero-order valence-electron chi connectivity index (χ0n) is 13.9. The first-order chi connectivity index (χ1) is 12.9. The number of carboxylic acids is 1. The van der Waals surface area contributed by atoms with Crippen LogP contribution in [-0.2, 0) is 17.4 Å². The molecule has 4 nitrogen and oxygen atoms in total. The molecule has 0 bridgehead atoms. The van der Waals surface area contributed by atoms with Gasteiger partial charge >= 0.3 is 18.3 Å². The number of halogens is 6. The Hall–Kier alpha value is -3.04. The summed E-state index contributed by atoms with van der Waals surface area (Å²) in [5.74, 6) is -2.22. The zero-order chi connectivity index (χ0) is 21.1. The monoisotopic (exact) mass is 405 g/mol. The first-order valence-corrected chi connectivity index (χ1v) is 7.73. The molecule has 0 aromatic heterocycles. The van der Waals surface area contributed by atoms with Crippen molar-refractivity contribution >= 4 is 11.9 Å². The molecule has 0 saturated heterocycles. The van der Waals surface area contributed by atoms with Crippen molar-refractivity contribution in [3.05, 3.63) is 70.8 Å². The highest BCUT2D eigenvalue weighted by atomic mass is 19.4. The molecule has 0 aliphatic rings. The number of nitrogens with one attached hydrogen (secondary N) is 1. The van der Waals surface area contributed by atoms with Crippen molar-refractivity contribution in [2.45, 2.75) is 24.8 Å². The molecule has 1 unspecified atom stereocenters. The van der Waals surface area contributed by atoms with Gasteiger partial charge in [-0.3, -0.25) is 4.79 Å². The standard InChI is InChI=1S/C18H13F6NO3/c19-17(20,21)13-7-5-11(6-8-13)15(18(22,23)24)25-14(26)9-10-1-3-12(4-2-10)16(27)28/h1-8,15H,9H2,(H,25,26)(H,27,28). The van der Waals surface area contributed by atoms with Crippen molar-refractivity contribution in [3.8, 4) is 0 Å². The lowest BCUT2D eigenvalue weighted by Gasteiger charge is -2.22. The molecule has 2 aromatic rings. The third-order valence-electron chi connectivity index (χ3n) is 3.77. The first kappa shape index (κ1) is 21.3. The average Bonchev–Trinajstić information content (AvgIpc) is 2.58. The second-order valence-electron chi connectivity index (χ2n) is 5.84. The van der Waals surface area contributed by atoms with Crippen molar-refractivity contribution in [2.24, 2.45) is 0 Å². The van der Waals surface area contributed by atoms with Crippen LogP contribution in [0.15, 0.2) is 48.5 Å². The predicted octanol–water partition coefficient (Wildman–Crippen LogP) is 4.37. The van der Waals surface area contributed by atoms with Crippen LogP contribution in [0.25, 0.3) is 0 Å². The van der Waals surface area contributed by atoms with Gasteiger partial charge in [0.25, 0.3) is 0 Å². The summed E-state index contributed by atoms with van der Waals surface area (Å²) in [6, 6.07) is 4.79. The van der Waals surface area contributed by atoms with Crippen LogP contribution < -0.4 is 5.32 Å². The predicted molar refractivity (Wildman–Crippen MR) is 85.5 cm³/mol. The summed E-state index contributed by atoms with van der Waals surface area (Å²) in [4.78, 5) is 22.7. The van der Waals surface area contributed by atoms with Crippen LogP contribution >= 0.6 is 0 Å². The SMILES string of the molecule is O=C(Cc1ccc(C(=O)O)cc1)NC(c1ccc(C(F)(F)F)cc1)C(F)(F)F. The Kier molecular flexibility index (Phi) is 6.01. The van der Waals surface area contributed by atoms with Gasteiger partial charge in [-0.2, -0.15) is 26.3 Å². The number of aromatic carboxylic acids is 1. The largest absolute Gasteiger partial charge is 0.478 e. The maximum atomic E-state index is 13.3. The molecule has 2 rings (SSSR count). The Morgan fingerprint density at radius 2 is 1.43 bits per heavy atom. The van der Waals surface area contributed by atoms with Crippen LogP contribution in [0.1, 0.15) is 33.1 Å². The smallest absolute Gasteiger partial charge is 0.416 e. The molecule has 150 valence electrons. The fourth-order valence-electron chi connectivity index (χ4n) is 2.38. The van der Waals surface area contributed by atoms with Gasteiger partial charge in [0.2, 0.25) is 5.91 Å². The molecule has 2 aromatic carbocycles. The zero-order valence-corrected chi connectivity index (χ0v) is 13.9. The summed E-state index contributed by atoms with van der Waals surface area (Å²) >= 11 is 0. The lowest BCUT2D eigenvalue weighted by Crippen LogP contribution is -2.38. The molecular weight excluding hydrogens is 392 g/mol. The van der Waals surface area contributed by atoms with Gasteiger partial charge in [0.05, 0.1) is 17.5 Å². The Labute approximate surface area is 154 Å². The second-order valence-corrected chi connectivity index (χ2v) is 5.84. The number of hydrogen-bond donors (Lipinski definition) is 2. The molecule has 28 heavy (non-hydrogen) atoms. The van der Waals surface area contributed by atoms with Crippen molar-refractivity contribution < 1.29 is 41.0 Å². The van der Waals surface area contributed by atoms with Gasteiger partial charge in [-0.15, -0.1) is 0 Å². The van der Waals surface area contributed by atoms with E-state index in [9.17, 15) is 35.9 Å². The number of amides is 1. The van der Waals surface area contributed by atoms with Crippen LogP contribution in [0.5, 0.6) is 0 Å². The van der Waals surface area contributed by atoms with E-state index < -0.39 is 47.8 Å². The highest BCUT2D eigenvalue weighted by molar-refractivity contribution is 5.87. The fraction of sp³-hybridized carbons (Fsp3) is 0.222. The van der Waals surface area contributed by atoms with Gasteiger partial charge in [0.15, 0.2) is 6.04 Å². The lowest BCUT2D eigenvalue weighted by atomic mass is 10.0. The molecule has 0 radical (unpaired) electrons. The highest BCUT2D eigenvalue weighted by Crippen LogP contribution is 2.35. The normalized spacial score (nSPS) is 13.1. The highest BCUT2D eigenvalue weighted by Gasteiger charge is 2.42. The summed E-state index contributed by atoms with van der Waals surface area (Å²) in [7, 11) is 0. The second kappa shape index (κ2) is 7.91. The van der Waals surface area contributed by atoms with Gasteiger partial charge in [0.1, 0.15) is 0 Å². The van der Waals surface area contributed by atoms with E-state index in [0.29, 0.717) is 24.3 Å². The minimum absolute atomic E-state index is 0.0536. The van der Waals surface area contributed by atoms with E-state index in [1.807, 2.05) is 0 Å². The average molecular weight is 405 g/mol. The molecule has 0 spiro atoms. The summed E-state index contributed by atoms with van der Waals surface area (Å²) in [5.41, 5.74) is -1.44. The van der Waals surface area contributed by atoms with E-state index >= 15 is 0 Å². The first-order valence-electron chi connectivity index (χ1n) is 7.73. The molecule has 1 amide bonds.